The van der Waals surface area contributed by atoms with Crippen LogP contribution in [0.2, 0.25) is 0 Å². The number of aromatic hydroxyl groups is 1. The van der Waals surface area contributed by atoms with Gasteiger partial charge >= 0.3 is 0 Å². The van der Waals surface area contributed by atoms with Gasteiger partial charge in [0.25, 0.3) is 0 Å². The summed E-state index contributed by atoms with van der Waals surface area (Å²) in [6.07, 6.45) is 0. The predicted molar refractivity (Wildman–Crippen MR) is 50.0 cm³/mol. The van der Waals surface area contributed by atoms with Crippen molar-refractivity contribution in [2.24, 2.45) is 0 Å². The van der Waals surface area contributed by atoms with Crippen LogP contribution in [0, 0.1) is 0 Å². The molecule has 1 fully saturated rings. The molecule has 70 valence electrons. The summed E-state index contributed by atoms with van der Waals surface area (Å²) in [6.45, 7) is 3.51. The summed E-state index contributed by atoms with van der Waals surface area (Å²) >= 11 is 0. The Morgan fingerprint density at radius 3 is 3.00 bits per heavy atom. The fourth-order valence-electron chi connectivity index (χ4n) is 1.31. The van der Waals surface area contributed by atoms with Crippen molar-refractivity contribution in [3.05, 3.63) is 23.8 Å². The maximum Gasteiger partial charge on any atom is 0.161 e. The Bertz CT molecular complexity index is 308. The zero-order chi connectivity index (χ0) is 9.26. The first-order valence-corrected chi connectivity index (χ1v) is 4.50. The Morgan fingerprint density at radius 2 is 2.38 bits per heavy atom. The van der Waals surface area contributed by atoms with Crippen LogP contribution in [0.1, 0.15) is 18.5 Å². The molecule has 1 aromatic rings. The summed E-state index contributed by atoms with van der Waals surface area (Å²) in [5, 5.41) is 12.6. The first-order chi connectivity index (χ1) is 6.31. The number of nitrogens with one attached hydrogen (secondary N) is 1. The molecule has 1 aliphatic heterocycles. The minimum Gasteiger partial charge on any atom is -0.504 e. The third-order valence-electron chi connectivity index (χ3n) is 2.09. The molecule has 0 spiro atoms. The molecule has 0 bridgehead atoms. The van der Waals surface area contributed by atoms with E-state index in [9.17, 15) is 5.11 Å². The van der Waals surface area contributed by atoms with Crippen LogP contribution in [0.3, 0.4) is 0 Å². The van der Waals surface area contributed by atoms with Gasteiger partial charge in [0, 0.05) is 12.6 Å². The fourth-order valence-corrected chi connectivity index (χ4v) is 1.31. The second kappa shape index (κ2) is 3.26. The number of benzene rings is 1. The molecule has 1 saturated heterocycles. The number of rotatable bonds is 3. The molecule has 13 heavy (non-hydrogen) atoms. The van der Waals surface area contributed by atoms with E-state index in [0.29, 0.717) is 18.4 Å². The van der Waals surface area contributed by atoms with E-state index in [0.717, 1.165) is 6.54 Å². The predicted octanol–water partition coefficient (Wildman–Crippen LogP) is 1.44. The third-order valence-corrected chi connectivity index (χ3v) is 2.09. The second-order valence-corrected chi connectivity index (χ2v) is 3.12. The quantitative estimate of drug-likeness (QED) is 0.690. The zero-order valence-corrected chi connectivity index (χ0v) is 7.58. The lowest BCUT2D eigenvalue weighted by molar-refractivity contribution is 0.318. The highest BCUT2D eigenvalue weighted by Gasteiger charge is 2.23. The normalized spacial score (nSPS) is 19.9. The smallest absolute Gasteiger partial charge is 0.161 e. The van der Waals surface area contributed by atoms with Crippen molar-refractivity contribution < 1.29 is 9.84 Å². The molecule has 1 aromatic carbocycles. The van der Waals surface area contributed by atoms with Crippen molar-refractivity contribution in [2.45, 2.75) is 13.0 Å². The van der Waals surface area contributed by atoms with Crippen LogP contribution in [-0.2, 0) is 0 Å². The fraction of sp³-hybridized carbons (Fsp3) is 0.400. The maximum atomic E-state index is 9.42. The number of hydrogen-bond donors (Lipinski definition) is 2. The van der Waals surface area contributed by atoms with Gasteiger partial charge in [0.2, 0.25) is 0 Å². The minimum absolute atomic E-state index is 0.214. The van der Waals surface area contributed by atoms with Gasteiger partial charge < -0.3 is 15.2 Å². The van der Waals surface area contributed by atoms with Crippen molar-refractivity contribution in [2.75, 3.05) is 13.2 Å². The monoisotopic (exact) mass is 179 g/mol. The van der Waals surface area contributed by atoms with Crippen LogP contribution in [0.25, 0.3) is 0 Å². The number of phenols is 1. The van der Waals surface area contributed by atoms with Gasteiger partial charge in [-0.15, -0.1) is 0 Å². The van der Waals surface area contributed by atoms with E-state index in [4.69, 9.17) is 4.74 Å². The molecule has 1 atom stereocenters. The van der Waals surface area contributed by atoms with Gasteiger partial charge in [0.1, 0.15) is 0 Å². The summed E-state index contributed by atoms with van der Waals surface area (Å²) in [5.41, 5.74) is 1.18. The molecule has 1 heterocycles. The topological polar surface area (TPSA) is 51.4 Å². The first kappa shape index (κ1) is 8.38. The van der Waals surface area contributed by atoms with E-state index in [2.05, 4.69) is 5.32 Å². The average Bonchev–Trinajstić information content (AvgIpc) is 2.92. The largest absolute Gasteiger partial charge is 0.504 e. The van der Waals surface area contributed by atoms with E-state index >= 15 is 0 Å². The second-order valence-electron chi connectivity index (χ2n) is 3.12. The van der Waals surface area contributed by atoms with Gasteiger partial charge in [-0.05, 0) is 24.6 Å². The van der Waals surface area contributed by atoms with Crippen LogP contribution >= 0.6 is 0 Å². The van der Waals surface area contributed by atoms with Gasteiger partial charge in [-0.1, -0.05) is 6.07 Å². The third kappa shape index (κ3) is 1.75. The molecule has 0 unspecified atom stereocenters. The lowest BCUT2D eigenvalue weighted by Gasteiger charge is -2.06. The Labute approximate surface area is 77.3 Å². The van der Waals surface area contributed by atoms with E-state index in [1.165, 1.54) is 5.56 Å². The number of hydrogen-bond acceptors (Lipinski definition) is 3. The lowest BCUT2D eigenvalue weighted by Crippen LogP contribution is -1.93. The molecule has 1 aliphatic rings. The van der Waals surface area contributed by atoms with Crippen LogP contribution in [-0.4, -0.2) is 18.3 Å². The van der Waals surface area contributed by atoms with E-state index in [1.807, 2.05) is 19.1 Å². The molecule has 2 N–H and O–H groups in total. The van der Waals surface area contributed by atoms with E-state index in [-0.39, 0.29) is 5.75 Å². The van der Waals surface area contributed by atoms with Crippen molar-refractivity contribution in [3.8, 4) is 11.5 Å². The Morgan fingerprint density at radius 1 is 1.62 bits per heavy atom. The summed E-state index contributed by atoms with van der Waals surface area (Å²) < 4.78 is 5.28. The van der Waals surface area contributed by atoms with Gasteiger partial charge in [-0.2, -0.15) is 0 Å². The molecular formula is C10H13NO2. The van der Waals surface area contributed by atoms with Crippen molar-refractivity contribution in [1.82, 2.24) is 5.32 Å². The van der Waals surface area contributed by atoms with Gasteiger partial charge in [0.15, 0.2) is 11.5 Å². The number of ether oxygens (including phenoxy) is 1. The lowest BCUT2D eigenvalue weighted by atomic mass is 10.1. The van der Waals surface area contributed by atoms with Crippen LogP contribution in [0.4, 0.5) is 0 Å². The van der Waals surface area contributed by atoms with E-state index in [1.54, 1.807) is 6.07 Å². The molecule has 0 saturated carbocycles. The average molecular weight is 179 g/mol. The Balaban J connectivity index is 2.25. The summed E-state index contributed by atoms with van der Waals surface area (Å²) in [7, 11) is 0. The molecular weight excluding hydrogens is 166 g/mol. The molecule has 2 rings (SSSR count). The first-order valence-electron chi connectivity index (χ1n) is 4.50. The number of phenolic OH excluding ortho intramolecular Hbond substituents is 1. The highest BCUT2D eigenvalue weighted by molar-refractivity contribution is 5.43. The van der Waals surface area contributed by atoms with E-state index < -0.39 is 0 Å². The molecule has 0 amide bonds. The summed E-state index contributed by atoms with van der Waals surface area (Å²) in [4.78, 5) is 0. The minimum atomic E-state index is 0.214. The van der Waals surface area contributed by atoms with Gasteiger partial charge in [-0.3, -0.25) is 0 Å². The SMILES string of the molecule is CCOc1cc([C@H]2CN2)ccc1O. The summed E-state index contributed by atoms with van der Waals surface area (Å²) in [5.74, 6) is 0.792. The van der Waals surface area contributed by atoms with Gasteiger partial charge in [-0.25, -0.2) is 0 Å². The zero-order valence-electron chi connectivity index (χ0n) is 7.58. The van der Waals surface area contributed by atoms with Crippen LogP contribution in [0.15, 0.2) is 18.2 Å². The van der Waals surface area contributed by atoms with Crippen molar-refractivity contribution in [1.29, 1.82) is 0 Å². The molecule has 0 aliphatic carbocycles. The Hall–Kier alpha value is -1.22. The van der Waals surface area contributed by atoms with Crippen LogP contribution in [0.5, 0.6) is 11.5 Å². The molecule has 0 aromatic heterocycles. The summed E-state index contributed by atoms with van der Waals surface area (Å²) in [6, 6.07) is 5.95. The van der Waals surface area contributed by atoms with Crippen molar-refractivity contribution in [3.63, 3.8) is 0 Å². The highest BCUT2D eigenvalue weighted by Crippen LogP contribution is 2.31. The van der Waals surface area contributed by atoms with Gasteiger partial charge in [0.05, 0.1) is 6.61 Å². The molecule has 3 nitrogen and oxygen atoms in total. The Kier molecular flexibility index (Phi) is 2.10. The highest BCUT2D eigenvalue weighted by atomic mass is 16.5. The standard InChI is InChI=1S/C10H13NO2/c1-2-13-10-5-7(8-6-11-8)3-4-9(10)12/h3-5,8,11-12H,2,6H2,1H3/t8-/m1/s1. The van der Waals surface area contributed by atoms with Crippen molar-refractivity contribution >= 4 is 0 Å². The maximum absolute atomic E-state index is 9.42. The molecule has 3 heteroatoms. The van der Waals surface area contributed by atoms with Crippen LogP contribution < -0.4 is 10.1 Å². The molecule has 0 radical (unpaired) electrons.